The van der Waals surface area contributed by atoms with Crippen molar-refractivity contribution in [1.29, 1.82) is 0 Å². The van der Waals surface area contributed by atoms with Crippen LogP contribution in [-0.4, -0.2) is 79.2 Å². The monoisotopic (exact) mass is 535 g/mol. The van der Waals surface area contributed by atoms with E-state index >= 15 is 0 Å². The number of hydrogen-bond donors (Lipinski definition) is 2. The molecule has 0 radical (unpaired) electrons. The van der Waals surface area contributed by atoms with Crippen LogP contribution < -0.4 is 11.1 Å². The molecule has 39 heavy (non-hydrogen) atoms. The van der Waals surface area contributed by atoms with Gasteiger partial charge in [0.1, 0.15) is 0 Å². The Balaban J connectivity index is 1.36. The first kappa shape index (κ1) is 29.2. The van der Waals surface area contributed by atoms with Crippen molar-refractivity contribution in [2.24, 2.45) is 11.7 Å². The summed E-state index contributed by atoms with van der Waals surface area (Å²) in [5.41, 5.74) is 10.5. The van der Waals surface area contributed by atoms with E-state index in [4.69, 9.17) is 10.5 Å². The van der Waals surface area contributed by atoms with Crippen LogP contribution in [0.3, 0.4) is 0 Å². The minimum atomic E-state index is -0.416. The lowest BCUT2D eigenvalue weighted by atomic mass is 9.86. The number of amides is 2. The molecule has 2 aromatic carbocycles. The Morgan fingerprint density at radius 1 is 1.05 bits per heavy atom. The van der Waals surface area contributed by atoms with Crippen LogP contribution in [-0.2, 0) is 22.4 Å². The smallest absolute Gasteiger partial charge is 0.255 e. The summed E-state index contributed by atoms with van der Waals surface area (Å²) in [6.07, 6.45) is 4.99. The van der Waals surface area contributed by atoms with Gasteiger partial charge in [-0.25, -0.2) is 0 Å². The maximum atomic E-state index is 13.0. The van der Waals surface area contributed by atoms with Crippen LogP contribution in [0.25, 0.3) is 0 Å². The fourth-order valence-electron chi connectivity index (χ4n) is 6.39. The van der Waals surface area contributed by atoms with E-state index in [9.17, 15) is 9.59 Å². The summed E-state index contributed by atoms with van der Waals surface area (Å²) in [7, 11) is 0. The predicted molar refractivity (Wildman–Crippen MR) is 157 cm³/mol. The third-order valence-corrected chi connectivity index (χ3v) is 8.95. The summed E-state index contributed by atoms with van der Waals surface area (Å²) < 4.78 is 6.46. The number of nitrogens with one attached hydrogen (secondary N) is 1. The van der Waals surface area contributed by atoms with Gasteiger partial charge in [0, 0.05) is 43.6 Å². The number of ether oxygens (including phenoxy) is 1. The molecule has 2 saturated heterocycles. The summed E-state index contributed by atoms with van der Waals surface area (Å²) in [5.74, 6) is 0.245. The van der Waals surface area contributed by atoms with E-state index in [2.05, 4.69) is 38.2 Å². The Bertz CT molecular complexity index is 1090. The van der Waals surface area contributed by atoms with E-state index in [0.717, 1.165) is 61.9 Å². The predicted octanol–water partition coefficient (Wildman–Crippen LogP) is 4.26. The lowest BCUT2D eigenvalue weighted by molar-refractivity contribution is -0.954. The van der Waals surface area contributed by atoms with Gasteiger partial charge in [-0.2, -0.15) is 0 Å². The molecule has 0 aliphatic carbocycles. The molecule has 0 saturated carbocycles. The van der Waals surface area contributed by atoms with Gasteiger partial charge in [0.2, 0.25) is 5.91 Å². The molecule has 2 amide bonds. The van der Waals surface area contributed by atoms with E-state index in [1.165, 1.54) is 11.1 Å². The number of carbonyl (C=O) groups excluding carboxylic acids is 2. The molecule has 2 aliphatic rings. The number of benzene rings is 2. The molecule has 2 aliphatic heterocycles. The number of likely N-dealkylation sites (tertiary alicyclic amines) is 1. The molecule has 4 rings (SSSR count). The molecule has 2 aromatic rings. The van der Waals surface area contributed by atoms with Crippen molar-refractivity contribution in [2.45, 2.75) is 65.0 Å². The number of quaternary nitrogens is 1. The van der Waals surface area contributed by atoms with Gasteiger partial charge in [-0.15, -0.1) is 0 Å². The molecule has 2 unspecified atom stereocenters. The Morgan fingerprint density at radius 3 is 2.38 bits per heavy atom. The topological polar surface area (TPSA) is 84.7 Å². The normalized spacial score (nSPS) is 23.2. The molecule has 2 heterocycles. The van der Waals surface area contributed by atoms with Gasteiger partial charge in [-0.1, -0.05) is 38.1 Å². The van der Waals surface area contributed by atoms with Crippen LogP contribution in [0.5, 0.6) is 0 Å². The number of hydrogen-bond acceptors (Lipinski definition) is 4. The van der Waals surface area contributed by atoms with Crippen molar-refractivity contribution in [3.8, 4) is 0 Å². The first-order chi connectivity index (χ1) is 18.8. The van der Waals surface area contributed by atoms with E-state index in [-0.39, 0.29) is 17.7 Å². The Labute approximate surface area is 234 Å². The summed E-state index contributed by atoms with van der Waals surface area (Å²) >= 11 is 0. The van der Waals surface area contributed by atoms with Gasteiger partial charge in [-0.05, 0) is 61.1 Å². The van der Waals surface area contributed by atoms with Crippen molar-refractivity contribution in [1.82, 2.24) is 4.90 Å². The highest BCUT2D eigenvalue weighted by Gasteiger charge is 2.41. The van der Waals surface area contributed by atoms with Crippen LogP contribution in [0.1, 0.15) is 61.5 Å². The molecule has 0 bridgehead atoms. The average molecular weight is 536 g/mol. The third kappa shape index (κ3) is 7.27. The zero-order chi connectivity index (χ0) is 27.8. The number of morpholine rings is 1. The second-order valence-corrected chi connectivity index (χ2v) is 11.4. The molecule has 3 N–H and O–H groups in total. The molecular weight excluding hydrogens is 488 g/mol. The van der Waals surface area contributed by atoms with Crippen LogP contribution >= 0.6 is 0 Å². The third-order valence-electron chi connectivity index (χ3n) is 8.95. The van der Waals surface area contributed by atoms with Gasteiger partial charge in [-0.3, -0.25) is 9.59 Å². The van der Waals surface area contributed by atoms with E-state index in [0.29, 0.717) is 37.9 Å². The largest absolute Gasteiger partial charge is 0.378 e. The highest BCUT2D eigenvalue weighted by molar-refractivity contribution is 6.04. The Kier molecular flexibility index (Phi) is 10.2. The van der Waals surface area contributed by atoms with Crippen molar-refractivity contribution in [2.75, 3.05) is 51.3 Å². The zero-order valence-electron chi connectivity index (χ0n) is 24.0. The number of nitrogens with two attached hydrogens (primary N) is 1. The van der Waals surface area contributed by atoms with Crippen LogP contribution in [0.15, 0.2) is 48.5 Å². The molecule has 2 fully saturated rings. The van der Waals surface area contributed by atoms with E-state index < -0.39 is 6.04 Å². The summed E-state index contributed by atoms with van der Waals surface area (Å²) in [5, 5.41) is 3.08. The number of nitrogens with zero attached hydrogens (tertiary/aromatic N) is 2. The van der Waals surface area contributed by atoms with Gasteiger partial charge in [0.25, 0.3) is 5.91 Å². The average Bonchev–Trinajstić information content (AvgIpc) is 2.97. The molecule has 2 atom stereocenters. The maximum Gasteiger partial charge on any atom is 0.255 e. The fraction of sp³-hybridized carbons (Fsp3) is 0.562. The highest BCUT2D eigenvalue weighted by Crippen LogP contribution is 2.31. The minimum Gasteiger partial charge on any atom is -0.378 e. The number of aryl methyl sites for hydroxylation is 1. The Hall–Kier alpha value is -2.74. The quantitative estimate of drug-likeness (QED) is 0.446. The molecule has 0 aromatic heterocycles. The first-order valence-electron chi connectivity index (χ1n) is 14.8. The van der Waals surface area contributed by atoms with Crippen LogP contribution in [0.4, 0.5) is 5.69 Å². The number of carbonyl (C=O) groups is 2. The van der Waals surface area contributed by atoms with Gasteiger partial charge in [0.05, 0.1) is 44.9 Å². The number of piperidine rings is 1. The molecule has 7 nitrogen and oxygen atoms in total. The Morgan fingerprint density at radius 2 is 1.74 bits per heavy atom. The molecule has 7 heteroatoms. The van der Waals surface area contributed by atoms with Crippen molar-refractivity contribution < 1.29 is 18.8 Å². The van der Waals surface area contributed by atoms with E-state index in [1.54, 1.807) is 0 Å². The standard InChI is InChI=1S/C32H46N4O3/c1-4-17-36(18-13-27(14-19-36)30(33)32(38)35-15-20-39-21-16-35)24(3)22-26-7-6-8-29(23-26)34-31(37)28-11-9-25(5-2)10-12-28/h6-12,23-24,27,30H,4-5,13-22,33H2,1-3H3/p+1. The summed E-state index contributed by atoms with van der Waals surface area (Å²) in [4.78, 5) is 27.7. The minimum absolute atomic E-state index is 0.0811. The summed E-state index contributed by atoms with van der Waals surface area (Å²) in [6, 6.07) is 16.1. The fourth-order valence-corrected chi connectivity index (χ4v) is 6.39. The van der Waals surface area contributed by atoms with Crippen molar-refractivity contribution in [3.63, 3.8) is 0 Å². The van der Waals surface area contributed by atoms with Crippen LogP contribution in [0, 0.1) is 5.92 Å². The second-order valence-electron chi connectivity index (χ2n) is 11.4. The van der Waals surface area contributed by atoms with Crippen LogP contribution in [0.2, 0.25) is 0 Å². The van der Waals surface area contributed by atoms with Crippen molar-refractivity contribution in [3.05, 3.63) is 65.2 Å². The van der Waals surface area contributed by atoms with Gasteiger partial charge >= 0.3 is 0 Å². The van der Waals surface area contributed by atoms with Gasteiger partial charge in [0.15, 0.2) is 0 Å². The maximum absolute atomic E-state index is 13.0. The SMILES string of the molecule is CCC[N+]1(C(C)Cc2cccc(NC(=O)c3ccc(CC)cc3)c2)CCC(C(N)C(=O)N2CCOCC2)CC1. The van der Waals surface area contributed by atoms with Gasteiger partial charge < -0.3 is 25.2 Å². The lowest BCUT2D eigenvalue weighted by Crippen LogP contribution is -2.61. The highest BCUT2D eigenvalue weighted by atomic mass is 16.5. The van der Waals surface area contributed by atoms with Crippen molar-refractivity contribution >= 4 is 17.5 Å². The molecule has 0 spiro atoms. The molecular formula is C32H47N4O3+. The van der Waals surface area contributed by atoms with E-state index in [1.807, 2.05) is 41.3 Å². The number of rotatable bonds is 10. The first-order valence-corrected chi connectivity index (χ1v) is 14.8. The summed E-state index contributed by atoms with van der Waals surface area (Å²) in [6.45, 7) is 12.5. The molecule has 212 valence electrons. The lowest BCUT2D eigenvalue weighted by Gasteiger charge is -2.49. The number of anilines is 1. The second kappa shape index (κ2) is 13.6. The zero-order valence-corrected chi connectivity index (χ0v) is 24.0.